The Labute approximate surface area is 195 Å². The maximum Gasteiger partial charge on any atom is 0.339 e. The van der Waals surface area contributed by atoms with Crippen LogP contribution in [0.5, 0.6) is 0 Å². The van der Waals surface area contributed by atoms with E-state index >= 15 is 0 Å². The molecule has 0 amide bonds. The summed E-state index contributed by atoms with van der Waals surface area (Å²) < 4.78 is 15.8. The molecule has 0 N–H and O–H groups in total. The third kappa shape index (κ3) is 6.48. The second kappa shape index (κ2) is 12.2. The van der Waals surface area contributed by atoms with Crippen LogP contribution in [0.25, 0.3) is 21.5 Å². The zero-order chi connectivity index (χ0) is 24.3. The Morgan fingerprint density at radius 2 is 1.26 bits per heavy atom. The standard InChI is InChI=1S/C26H24O8/c27-13-5-11-23(29)32-16-20(34-24(30)12-6-14-28)17-33-26(31)25-21-9-3-1-7-18(21)15-19-8-2-4-10-22(19)25/h1-4,7-10,13-15,20H,5-6,11-12,16-17H2. The number of carbonyl (C=O) groups excluding carboxylic acids is 5. The Kier molecular flexibility index (Phi) is 8.85. The average Bonchev–Trinajstić information content (AvgIpc) is 2.86. The number of carbonyl (C=O) groups is 5. The van der Waals surface area contributed by atoms with E-state index in [2.05, 4.69) is 0 Å². The van der Waals surface area contributed by atoms with Crippen LogP contribution < -0.4 is 0 Å². The van der Waals surface area contributed by atoms with Crippen molar-refractivity contribution in [3.63, 3.8) is 0 Å². The highest BCUT2D eigenvalue weighted by Crippen LogP contribution is 2.29. The molecule has 8 heteroatoms. The molecule has 0 aliphatic heterocycles. The fourth-order valence-electron chi connectivity index (χ4n) is 3.45. The SMILES string of the molecule is O=CCCC(=O)OCC(COC(=O)c1c2ccccc2cc2ccccc12)OC(=O)CCC=O. The summed E-state index contributed by atoms with van der Waals surface area (Å²) in [4.78, 5) is 57.8. The summed E-state index contributed by atoms with van der Waals surface area (Å²) in [5.74, 6) is -1.95. The van der Waals surface area contributed by atoms with Gasteiger partial charge in [-0.15, -0.1) is 0 Å². The molecule has 34 heavy (non-hydrogen) atoms. The lowest BCUT2D eigenvalue weighted by Crippen LogP contribution is -2.31. The van der Waals surface area contributed by atoms with Crippen LogP contribution in [0.4, 0.5) is 0 Å². The van der Waals surface area contributed by atoms with E-state index < -0.39 is 24.0 Å². The Morgan fingerprint density at radius 3 is 1.85 bits per heavy atom. The Balaban J connectivity index is 1.78. The molecular weight excluding hydrogens is 440 g/mol. The van der Waals surface area contributed by atoms with Crippen molar-refractivity contribution in [2.45, 2.75) is 31.8 Å². The zero-order valence-corrected chi connectivity index (χ0v) is 18.4. The summed E-state index contributed by atoms with van der Waals surface area (Å²) in [6, 6.07) is 16.8. The van der Waals surface area contributed by atoms with E-state index in [4.69, 9.17) is 14.2 Å². The number of esters is 3. The molecule has 0 saturated carbocycles. The first-order chi connectivity index (χ1) is 16.5. The van der Waals surface area contributed by atoms with Gasteiger partial charge in [0, 0.05) is 12.8 Å². The van der Waals surface area contributed by atoms with Gasteiger partial charge in [-0.25, -0.2) is 4.79 Å². The van der Waals surface area contributed by atoms with Crippen molar-refractivity contribution in [1.82, 2.24) is 0 Å². The summed E-state index contributed by atoms with van der Waals surface area (Å²) in [5, 5.41) is 3.17. The predicted octanol–water partition coefficient (Wildman–Crippen LogP) is 3.56. The van der Waals surface area contributed by atoms with Gasteiger partial charge in [-0.05, 0) is 27.6 Å². The molecular formula is C26H24O8. The van der Waals surface area contributed by atoms with Gasteiger partial charge in [0.05, 0.1) is 18.4 Å². The van der Waals surface area contributed by atoms with Crippen molar-refractivity contribution >= 4 is 52.0 Å². The fraction of sp³-hybridized carbons (Fsp3) is 0.269. The molecule has 0 heterocycles. The zero-order valence-electron chi connectivity index (χ0n) is 18.4. The minimum absolute atomic E-state index is 0.00572. The predicted molar refractivity (Wildman–Crippen MR) is 123 cm³/mol. The number of benzene rings is 3. The van der Waals surface area contributed by atoms with E-state index in [1.54, 1.807) is 0 Å². The first-order valence-corrected chi connectivity index (χ1v) is 10.8. The Morgan fingerprint density at radius 1 is 0.735 bits per heavy atom. The molecule has 0 aliphatic rings. The van der Waals surface area contributed by atoms with Gasteiger partial charge in [0.15, 0.2) is 6.10 Å². The Hall–Kier alpha value is -4.07. The monoisotopic (exact) mass is 464 g/mol. The van der Waals surface area contributed by atoms with Gasteiger partial charge in [0.25, 0.3) is 0 Å². The number of fused-ring (bicyclic) bond motifs is 2. The van der Waals surface area contributed by atoms with Gasteiger partial charge in [-0.2, -0.15) is 0 Å². The average molecular weight is 464 g/mol. The van der Waals surface area contributed by atoms with Crippen LogP contribution in [0.1, 0.15) is 36.0 Å². The van der Waals surface area contributed by atoms with Gasteiger partial charge < -0.3 is 23.8 Å². The first-order valence-electron chi connectivity index (χ1n) is 10.8. The highest BCUT2D eigenvalue weighted by Gasteiger charge is 2.22. The highest BCUT2D eigenvalue weighted by molar-refractivity contribution is 6.16. The second-order valence-electron chi connectivity index (χ2n) is 7.50. The van der Waals surface area contributed by atoms with Crippen molar-refractivity contribution < 1.29 is 38.2 Å². The van der Waals surface area contributed by atoms with Gasteiger partial charge in [-0.1, -0.05) is 48.5 Å². The van der Waals surface area contributed by atoms with Crippen LogP contribution in [-0.2, 0) is 33.4 Å². The first kappa shape index (κ1) is 24.6. The normalized spacial score (nSPS) is 11.5. The summed E-state index contributed by atoms with van der Waals surface area (Å²) in [6.45, 7) is -0.710. The quantitative estimate of drug-likeness (QED) is 0.173. The molecule has 8 nitrogen and oxygen atoms in total. The minimum Gasteiger partial charge on any atom is -0.462 e. The van der Waals surface area contributed by atoms with Crippen molar-refractivity contribution in [1.29, 1.82) is 0 Å². The second-order valence-corrected chi connectivity index (χ2v) is 7.50. The molecule has 1 atom stereocenters. The summed E-state index contributed by atoms with van der Waals surface area (Å²) in [5.41, 5.74) is 0.378. The van der Waals surface area contributed by atoms with E-state index in [0.29, 0.717) is 28.9 Å². The fourth-order valence-corrected chi connectivity index (χ4v) is 3.45. The molecule has 0 spiro atoms. The lowest BCUT2D eigenvalue weighted by molar-refractivity contribution is -0.161. The maximum absolute atomic E-state index is 13.2. The smallest absolute Gasteiger partial charge is 0.339 e. The summed E-state index contributed by atoms with van der Waals surface area (Å²) in [7, 11) is 0. The van der Waals surface area contributed by atoms with Crippen LogP contribution in [0, 0.1) is 0 Å². The minimum atomic E-state index is -1.07. The lowest BCUT2D eigenvalue weighted by atomic mass is 9.97. The van der Waals surface area contributed by atoms with Gasteiger partial charge in [0.2, 0.25) is 0 Å². The van der Waals surface area contributed by atoms with E-state index in [9.17, 15) is 24.0 Å². The van der Waals surface area contributed by atoms with Crippen LogP contribution >= 0.6 is 0 Å². The summed E-state index contributed by atoms with van der Waals surface area (Å²) in [6.07, 6.45) is -0.170. The molecule has 0 fully saturated rings. The third-order valence-electron chi connectivity index (χ3n) is 5.04. The number of rotatable bonds is 12. The molecule has 3 aromatic rings. The molecule has 0 radical (unpaired) electrons. The molecule has 3 aromatic carbocycles. The van der Waals surface area contributed by atoms with Gasteiger partial charge >= 0.3 is 17.9 Å². The molecule has 0 bridgehead atoms. The van der Waals surface area contributed by atoms with Crippen molar-refractivity contribution in [2.24, 2.45) is 0 Å². The van der Waals surface area contributed by atoms with Crippen molar-refractivity contribution in [3.8, 4) is 0 Å². The van der Waals surface area contributed by atoms with E-state index in [1.165, 1.54) is 0 Å². The highest BCUT2D eigenvalue weighted by atomic mass is 16.6. The summed E-state index contributed by atoms with van der Waals surface area (Å²) >= 11 is 0. The topological polar surface area (TPSA) is 113 Å². The molecule has 3 rings (SSSR count). The number of aldehydes is 2. The molecule has 176 valence electrons. The van der Waals surface area contributed by atoms with Gasteiger partial charge in [-0.3, -0.25) is 9.59 Å². The van der Waals surface area contributed by atoms with Crippen LogP contribution in [0.15, 0.2) is 54.6 Å². The van der Waals surface area contributed by atoms with Crippen molar-refractivity contribution in [2.75, 3.05) is 13.2 Å². The lowest BCUT2D eigenvalue weighted by Gasteiger charge is -2.18. The number of ether oxygens (including phenoxy) is 3. The van der Waals surface area contributed by atoms with Crippen LogP contribution in [-0.4, -0.2) is 49.8 Å². The molecule has 0 aromatic heterocycles. The van der Waals surface area contributed by atoms with E-state index in [-0.39, 0.29) is 38.9 Å². The molecule has 0 aliphatic carbocycles. The van der Waals surface area contributed by atoms with E-state index in [1.807, 2.05) is 54.6 Å². The number of hydrogen-bond acceptors (Lipinski definition) is 8. The van der Waals surface area contributed by atoms with Gasteiger partial charge in [0.1, 0.15) is 25.8 Å². The van der Waals surface area contributed by atoms with E-state index in [0.717, 1.165) is 10.8 Å². The number of hydrogen-bond donors (Lipinski definition) is 0. The molecule has 1 unspecified atom stereocenters. The Bertz CT molecular complexity index is 1150. The van der Waals surface area contributed by atoms with Crippen LogP contribution in [0.3, 0.4) is 0 Å². The van der Waals surface area contributed by atoms with Crippen LogP contribution in [0.2, 0.25) is 0 Å². The largest absolute Gasteiger partial charge is 0.462 e. The third-order valence-corrected chi connectivity index (χ3v) is 5.04. The van der Waals surface area contributed by atoms with Crippen molar-refractivity contribution in [3.05, 3.63) is 60.2 Å². The maximum atomic E-state index is 13.2. The molecule has 0 saturated heterocycles.